The molecule has 1 aromatic heterocycles. The molecule has 210 valence electrons. The molecule has 4 aromatic rings. The summed E-state index contributed by atoms with van der Waals surface area (Å²) in [6.45, 7) is 2.69. The van der Waals surface area contributed by atoms with Gasteiger partial charge < -0.3 is 25.5 Å². The number of methoxy groups -OCH3 is 1. The number of rotatable bonds is 11. The summed E-state index contributed by atoms with van der Waals surface area (Å²) in [5, 5.41) is 19.4. The minimum Gasteiger partial charge on any atom is -0.453 e. The molecule has 4 rings (SSSR count). The van der Waals surface area contributed by atoms with Gasteiger partial charge in [-0.3, -0.25) is 10.1 Å². The van der Waals surface area contributed by atoms with Gasteiger partial charge >= 0.3 is 6.09 Å². The molecule has 0 bridgehead atoms. The molecule has 0 unspecified atom stereocenters. The van der Waals surface area contributed by atoms with E-state index in [9.17, 15) is 23.5 Å². The van der Waals surface area contributed by atoms with Crippen molar-refractivity contribution in [3.63, 3.8) is 0 Å². The molecule has 0 aliphatic heterocycles. The molecular weight excluding hydrogens is 520 g/mol. The van der Waals surface area contributed by atoms with E-state index in [1.165, 1.54) is 30.9 Å². The number of nitrogens with one attached hydrogen (secondary N) is 4. The number of aromatic amines is 1. The summed E-state index contributed by atoms with van der Waals surface area (Å²) in [6, 6.07) is 15.0. The van der Waals surface area contributed by atoms with Crippen LogP contribution in [0.25, 0.3) is 11.0 Å². The van der Waals surface area contributed by atoms with Crippen LogP contribution in [0.1, 0.15) is 34.0 Å². The summed E-state index contributed by atoms with van der Waals surface area (Å²) in [6.07, 6.45) is -0.877. The Morgan fingerprint density at radius 3 is 2.50 bits per heavy atom. The third kappa shape index (κ3) is 7.61. The standard InChI is InChI=1S/C29H31F2N5O4/c1-3-17-5-4-6-18(9-17)15-32-16-26(37)25(12-19-10-21(30)14-22(31)11-19)33-27(38)20-7-8-23-24(13-20)35-28(34-23)36-29(39)40-2/h4-11,13-14,25-26,32,37H,3,12,15-16H2,1-2H3,(H,33,38)(H2,34,35,36,39)/t25-,26+/m0/s1. The summed E-state index contributed by atoms with van der Waals surface area (Å²) in [7, 11) is 1.23. The van der Waals surface area contributed by atoms with Gasteiger partial charge in [-0.1, -0.05) is 31.2 Å². The first-order chi connectivity index (χ1) is 19.2. The van der Waals surface area contributed by atoms with Gasteiger partial charge in [-0.15, -0.1) is 0 Å². The Labute approximate surface area is 230 Å². The Morgan fingerprint density at radius 2 is 1.77 bits per heavy atom. The lowest BCUT2D eigenvalue weighted by Crippen LogP contribution is -2.48. The number of amides is 2. The molecule has 2 atom stereocenters. The van der Waals surface area contributed by atoms with Crippen molar-refractivity contribution < 1.29 is 28.2 Å². The fraction of sp³-hybridized carbons (Fsp3) is 0.276. The van der Waals surface area contributed by atoms with Gasteiger partial charge in [0.05, 0.1) is 30.3 Å². The van der Waals surface area contributed by atoms with Crippen molar-refractivity contribution >= 4 is 29.0 Å². The van der Waals surface area contributed by atoms with Gasteiger partial charge in [0.1, 0.15) is 11.6 Å². The smallest absolute Gasteiger partial charge is 0.413 e. The molecule has 40 heavy (non-hydrogen) atoms. The number of aliphatic hydroxyl groups excluding tert-OH is 1. The number of benzene rings is 3. The third-order valence-electron chi connectivity index (χ3n) is 6.39. The first-order valence-electron chi connectivity index (χ1n) is 12.8. The van der Waals surface area contributed by atoms with E-state index in [0.717, 1.165) is 18.1 Å². The molecule has 0 fully saturated rings. The van der Waals surface area contributed by atoms with E-state index in [4.69, 9.17) is 0 Å². The van der Waals surface area contributed by atoms with Crippen molar-refractivity contribution in [2.45, 2.75) is 38.5 Å². The Hall–Kier alpha value is -4.35. The van der Waals surface area contributed by atoms with Gasteiger partial charge in [-0.2, -0.15) is 0 Å². The fourth-order valence-corrected chi connectivity index (χ4v) is 4.34. The van der Waals surface area contributed by atoms with E-state index >= 15 is 0 Å². The fourth-order valence-electron chi connectivity index (χ4n) is 4.34. The number of halogens is 2. The van der Waals surface area contributed by atoms with E-state index in [2.05, 4.69) is 43.6 Å². The van der Waals surface area contributed by atoms with Gasteiger partial charge in [-0.05, 0) is 59.9 Å². The number of imidazole rings is 1. The normalized spacial score (nSPS) is 12.6. The van der Waals surface area contributed by atoms with E-state index in [-0.39, 0.29) is 24.5 Å². The number of aryl methyl sites for hydroxylation is 1. The summed E-state index contributed by atoms with van der Waals surface area (Å²) < 4.78 is 32.3. The predicted molar refractivity (Wildman–Crippen MR) is 147 cm³/mol. The van der Waals surface area contributed by atoms with Gasteiger partial charge in [0, 0.05) is 24.7 Å². The second-order valence-corrected chi connectivity index (χ2v) is 9.37. The quantitative estimate of drug-likeness (QED) is 0.191. The molecule has 0 saturated carbocycles. The molecule has 5 N–H and O–H groups in total. The van der Waals surface area contributed by atoms with Crippen LogP contribution >= 0.6 is 0 Å². The Morgan fingerprint density at radius 1 is 1.02 bits per heavy atom. The lowest BCUT2D eigenvalue weighted by atomic mass is 10.00. The highest BCUT2D eigenvalue weighted by Crippen LogP contribution is 2.18. The average Bonchev–Trinajstić information content (AvgIpc) is 3.33. The summed E-state index contributed by atoms with van der Waals surface area (Å²) in [4.78, 5) is 31.8. The Kier molecular flexibility index (Phi) is 9.41. The van der Waals surface area contributed by atoms with E-state index in [1.54, 1.807) is 12.1 Å². The largest absolute Gasteiger partial charge is 0.453 e. The summed E-state index contributed by atoms with van der Waals surface area (Å²) in [5.41, 5.74) is 3.77. The highest BCUT2D eigenvalue weighted by atomic mass is 19.1. The zero-order valence-electron chi connectivity index (χ0n) is 22.1. The second-order valence-electron chi connectivity index (χ2n) is 9.37. The van der Waals surface area contributed by atoms with Crippen LogP contribution in [0.4, 0.5) is 19.5 Å². The van der Waals surface area contributed by atoms with Crippen LogP contribution in [0.2, 0.25) is 0 Å². The topological polar surface area (TPSA) is 128 Å². The first-order valence-corrected chi connectivity index (χ1v) is 12.8. The molecule has 0 aliphatic rings. The average molecular weight is 552 g/mol. The second kappa shape index (κ2) is 13.1. The zero-order chi connectivity index (χ0) is 28.6. The van der Waals surface area contributed by atoms with Crippen molar-refractivity contribution in [1.82, 2.24) is 20.6 Å². The maximum atomic E-state index is 13.9. The molecule has 0 aliphatic carbocycles. The highest BCUT2D eigenvalue weighted by molar-refractivity contribution is 5.98. The number of H-pyrrole nitrogens is 1. The van der Waals surface area contributed by atoms with E-state index < -0.39 is 35.8 Å². The van der Waals surface area contributed by atoms with Crippen LogP contribution in [0.15, 0.2) is 60.7 Å². The molecule has 11 heteroatoms. The summed E-state index contributed by atoms with van der Waals surface area (Å²) >= 11 is 0. The van der Waals surface area contributed by atoms with Crippen molar-refractivity contribution in [3.8, 4) is 0 Å². The molecule has 9 nitrogen and oxygen atoms in total. The van der Waals surface area contributed by atoms with Gasteiger partial charge in [0.25, 0.3) is 5.91 Å². The number of hydrogen-bond acceptors (Lipinski definition) is 6. The lowest BCUT2D eigenvalue weighted by molar-refractivity contribution is 0.0830. The number of aliphatic hydroxyl groups is 1. The van der Waals surface area contributed by atoms with Crippen LogP contribution in [0.5, 0.6) is 0 Å². The maximum absolute atomic E-state index is 13.9. The molecule has 0 spiro atoms. The van der Waals surface area contributed by atoms with Crippen molar-refractivity contribution in [3.05, 3.63) is 94.6 Å². The number of ether oxygens (including phenoxy) is 1. The SMILES string of the molecule is CCc1cccc(CNC[C@@H](O)[C@H](Cc2cc(F)cc(F)c2)NC(=O)c2ccc3[nH]c(NC(=O)OC)nc3c2)c1. The maximum Gasteiger partial charge on any atom is 0.413 e. The van der Waals surface area contributed by atoms with Crippen molar-refractivity contribution in [2.24, 2.45) is 0 Å². The zero-order valence-corrected chi connectivity index (χ0v) is 22.1. The minimum atomic E-state index is -1.07. The highest BCUT2D eigenvalue weighted by Gasteiger charge is 2.23. The lowest BCUT2D eigenvalue weighted by Gasteiger charge is -2.25. The van der Waals surface area contributed by atoms with Crippen LogP contribution in [-0.2, 0) is 24.1 Å². The van der Waals surface area contributed by atoms with Gasteiger partial charge in [0.15, 0.2) is 0 Å². The third-order valence-corrected chi connectivity index (χ3v) is 6.39. The predicted octanol–water partition coefficient (Wildman–Crippen LogP) is 4.07. The molecule has 0 saturated heterocycles. The number of aromatic nitrogens is 2. The van der Waals surface area contributed by atoms with Gasteiger partial charge in [0.2, 0.25) is 5.95 Å². The molecule has 2 amide bonds. The first kappa shape index (κ1) is 28.7. The molecular formula is C29H31F2N5O4. The number of nitrogens with zero attached hydrogens (tertiary/aromatic N) is 1. The van der Waals surface area contributed by atoms with Crippen molar-refractivity contribution in [2.75, 3.05) is 19.0 Å². The van der Waals surface area contributed by atoms with E-state index in [1.807, 2.05) is 18.2 Å². The number of hydrogen-bond donors (Lipinski definition) is 5. The summed E-state index contributed by atoms with van der Waals surface area (Å²) in [5.74, 6) is -1.85. The van der Waals surface area contributed by atoms with Crippen LogP contribution in [0.3, 0.4) is 0 Å². The Balaban J connectivity index is 1.49. The molecule has 0 radical (unpaired) electrons. The molecule has 1 heterocycles. The number of anilines is 1. The monoisotopic (exact) mass is 551 g/mol. The molecule has 3 aromatic carbocycles. The van der Waals surface area contributed by atoms with Crippen LogP contribution in [0, 0.1) is 11.6 Å². The minimum absolute atomic E-state index is 0.00751. The number of carbonyl (C=O) groups excluding carboxylic acids is 2. The number of fused-ring (bicyclic) bond motifs is 1. The van der Waals surface area contributed by atoms with Crippen LogP contribution in [-0.4, -0.2) is 52.9 Å². The van der Waals surface area contributed by atoms with Gasteiger partial charge in [-0.25, -0.2) is 18.6 Å². The number of carbonyl (C=O) groups is 2. The van der Waals surface area contributed by atoms with Crippen molar-refractivity contribution in [1.29, 1.82) is 0 Å². The van der Waals surface area contributed by atoms with E-state index in [0.29, 0.717) is 23.1 Å². The van der Waals surface area contributed by atoms with Crippen LogP contribution < -0.4 is 16.0 Å². The Bertz CT molecular complexity index is 1470.